The molecule has 0 aromatic heterocycles. The van der Waals surface area contributed by atoms with E-state index in [-0.39, 0.29) is 23.8 Å². The zero-order chi connectivity index (χ0) is 27.0. The molecule has 0 aliphatic carbocycles. The van der Waals surface area contributed by atoms with Crippen LogP contribution in [0.2, 0.25) is 0 Å². The summed E-state index contributed by atoms with van der Waals surface area (Å²) in [6.07, 6.45) is 0.606. The van der Waals surface area contributed by atoms with Gasteiger partial charge in [-0.2, -0.15) is 0 Å². The van der Waals surface area contributed by atoms with E-state index in [1.165, 1.54) is 11.1 Å². The van der Waals surface area contributed by atoms with Crippen LogP contribution in [0.5, 0.6) is 0 Å². The van der Waals surface area contributed by atoms with Gasteiger partial charge in [-0.1, -0.05) is 104 Å². The van der Waals surface area contributed by atoms with E-state index >= 15 is 0 Å². The van der Waals surface area contributed by atoms with Crippen LogP contribution in [-0.2, 0) is 23.4 Å². The van der Waals surface area contributed by atoms with Crippen molar-refractivity contribution in [2.75, 3.05) is 0 Å². The number of guanidine groups is 1. The first-order valence-electron chi connectivity index (χ1n) is 13.3. The third kappa shape index (κ3) is 4.09. The van der Waals surface area contributed by atoms with Crippen molar-refractivity contribution >= 4 is 17.8 Å². The van der Waals surface area contributed by atoms with Crippen molar-refractivity contribution in [3.05, 3.63) is 143 Å². The van der Waals surface area contributed by atoms with E-state index in [4.69, 9.17) is 10.7 Å². The molecule has 0 bridgehead atoms. The van der Waals surface area contributed by atoms with Gasteiger partial charge in [-0.3, -0.25) is 14.5 Å². The molecule has 0 saturated heterocycles. The third-order valence-corrected chi connectivity index (χ3v) is 7.79. The zero-order valence-electron chi connectivity index (χ0n) is 21.8. The maximum Gasteiger partial charge on any atom is 0.267 e. The number of carbonyl (C=O) groups excluding carboxylic acids is 2. The molecule has 2 amide bonds. The maximum absolute atomic E-state index is 14.4. The molecule has 194 valence electrons. The van der Waals surface area contributed by atoms with Gasteiger partial charge in [0.1, 0.15) is 0 Å². The van der Waals surface area contributed by atoms with Gasteiger partial charge >= 0.3 is 0 Å². The number of benzene rings is 4. The van der Waals surface area contributed by atoms with Gasteiger partial charge in [-0.25, -0.2) is 4.99 Å². The maximum atomic E-state index is 14.4. The second-order valence-electron chi connectivity index (χ2n) is 10.1. The molecule has 2 aliphatic heterocycles. The van der Waals surface area contributed by atoms with Gasteiger partial charge in [-0.15, -0.1) is 0 Å². The highest BCUT2D eigenvalue weighted by Crippen LogP contribution is 2.43. The first-order chi connectivity index (χ1) is 19.0. The van der Waals surface area contributed by atoms with Crippen molar-refractivity contribution in [3.8, 4) is 0 Å². The van der Waals surface area contributed by atoms with Gasteiger partial charge in [0.25, 0.3) is 11.8 Å². The van der Waals surface area contributed by atoms with Crippen molar-refractivity contribution in [2.45, 2.75) is 38.0 Å². The smallest absolute Gasteiger partial charge is 0.267 e. The van der Waals surface area contributed by atoms with Crippen LogP contribution < -0.4 is 5.73 Å². The highest BCUT2D eigenvalue weighted by atomic mass is 16.2. The molecule has 0 spiro atoms. The Morgan fingerprint density at radius 1 is 0.846 bits per heavy atom. The van der Waals surface area contributed by atoms with Gasteiger partial charge in [0.2, 0.25) is 5.96 Å². The van der Waals surface area contributed by atoms with E-state index in [1.807, 2.05) is 109 Å². The molecule has 6 heteroatoms. The molecule has 6 nitrogen and oxygen atoms in total. The molecule has 4 aromatic carbocycles. The number of amides is 2. The Balaban J connectivity index is 1.34. The van der Waals surface area contributed by atoms with Crippen LogP contribution >= 0.6 is 0 Å². The van der Waals surface area contributed by atoms with Crippen LogP contribution in [0.15, 0.2) is 114 Å². The van der Waals surface area contributed by atoms with E-state index < -0.39 is 5.54 Å². The number of hydrogen-bond donors (Lipinski definition) is 1. The summed E-state index contributed by atoms with van der Waals surface area (Å²) in [6.45, 7) is 3.20. The summed E-state index contributed by atoms with van der Waals surface area (Å²) < 4.78 is 0. The van der Waals surface area contributed by atoms with Crippen LogP contribution in [0.4, 0.5) is 0 Å². The normalized spacial score (nSPS) is 16.6. The molecular formula is C33H30N4O2. The fourth-order valence-electron chi connectivity index (χ4n) is 5.86. The van der Waals surface area contributed by atoms with E-state index in [9.17, 15) is 9.59 Å². The highest BCUT2D eigenvalue weighted by Gasteiger charge is 2.52. The highest BCUT2D eigenvalue weighted by molar-refractivity contribution is 6.09. The standard InChI is InChI=1S/C33H30N4O2/c1-2-29(23-14-11-15-24(20-23)30(38)36-21-25-12-9-10-13-26(25)22-36)37-31(39)33(35-32(37)34,27-16-5-3-6-17-27)28-18-7-4-8-19-28/h3-20,29H,2,21-22H2,1H3,(H2,34,35). The molecule has 4 aromatic rings. The van der Waals surface area contributed by atoms with E-state index in [0.717, 1.165) is 16.7 Å². The SMILES string of the molecule is CCC(c1cccc(C(=O)N2Cc3ccccc3C2)c1)N1C(=O)C(c2ccccc2)(c2ccccc2)N=C1N. The first kappa shape index (κ1) is 24.6. The Morgan fingerprint density at radius 2 is 1.41 bits per heavy atom. The van der Waals surface area contributed by atoms with Crippen LogP contribution in [0.3, 0.4) is 0 Å². The van der Waals surface area contributed by atoms with E-state index in [1.54, 1.807) is 4.90 Å². The Bertz CT molecular complexity index is 1500. The minimum Gasteiger partial charge on any atom is -0.369 e. The summed E-state index contributed by atoms with van der Waals surface area (Å²) in [6, 6.07) is 34.5. The van der Waals surface area contributed by atoms with Crippen LogP contribution in [0.1, 0.15) is 57.6 Å². The molecule has 0 fully saturated rings. The van der Waals surface area contributed by atoms with Crippen LogP contribution in [-0.4, -0.2) is 27.6 Å². The van der Waals surface area contributed by atoms with Gasteiger partial charge in [-0.05, 0) is 46.4 Å². The predicted molar refractivity (Wildman–Crippen MR) is 152 cm³/mol. The molecule has 2 aliphatic rings. The monoisotopic (exact) mass is 514 g/mol. The summed E-state index contributed by atoms with van der Waals surface area (Å²) in [5.74, 6) is -0.0533. The van der Waals surface area contributed by atoms with Gasteiger partial charge < -0.3 is 10.6 Å². The molecule has 0 radical (unpaired) electrons. The zero-order valence-corrected chi connectivity index (χ0v) is 21.8. The summed E-state index contributed by atoms with van der Waals surface area (Å²) in [4.78, 5) is 36.2. The second-order valence-corrected chi connectivity index (χ2v) is 10.1. The second kappa shape index (κ2) is 9.87. The number of aliphatic imine (C=N–C) groups is 1. The van der Waals surface area contributed by atoms with Crippen LogP contribution in [0.25, 0.3) is 0 Å². The predicted octanol–water partition coefficient (Wildman–Crippen LogP) is 5.39. The van der Waals surface area contributed by atoms with Crippen LogP contribution in [0, 0.1) is 0 Å². The first-order valence-corrected chi connectivity index (χ1v) is 13.3. The average molecular weight is 515 g/mol. The number of nitrogens with zero attached hydrogens (tertiary/aromatic N) is 3. The Morgan fingerprint density at radius 3 is 1.97 bits per heavy atom. The third-order valence-electron chi connectivity index (χ3n) is 7.79. The van der Waals surface area contributed by atoms with Crippen molar-refractivity contribution in [1.82, 2.24) is 9.80 Å². The molecule has 2 N–H and O–H groups in total. The number of nitrogens with two attached hydrogens (primary N) is 1. The lowest BCUT2D eigenvalue weighted by Gasteiger charge is -2.31. The lowest BCUT2D eigenvalue weighted by molar-refractivity contribution is -0.132. The molecule has 6 rings (SSSR count). The largest absolute Gasteiger partial charge is 0.369 e. The Labute approximate surface area is 228 Å². The van der Waals surface area contributed by atoms with E-state index in [0.29, 0.717) is 25.1 Å². The molecular weight excluding hydrogens is 484 g/mol. The number of carbonyl (C=O) groups is 2. The lowest BCUT2D eigenvalue weighted by Crippen LogP contribution is -2.45. The summed E-state index contributed by atoms with van der Waals surface area (Å²) in [5.41, 5.74) is 10.6. The number of rotatable bonds is 6. The fourth-order valence-corrected chi connectivity index (χ4v) is 5.86. The molecule has 1 unspecified atom stereocenters. The summed E-state index contributed by atoms with van der Waals surface area (Å²) >= 11 is 0. The summed E-state index contributed by atoms with van der Waals surface area (Å²) in [5, 5.41) is 0. The van der Waals surface area contributed by atoms with Gasteiger partial charge in [0.05, 0.1) is 6.04 Å². The summed E-state index contributed by atoms with van der Waals surface area (Å²) in [7, 11) is 0. The fraction of sp³-hybridized carbons (Fsp3) is 0.182. The topological polar surface area (TPSA) is 79.0 Å². The number of fused-ring (bicyclic) bond motifs is 1. The molecule has 39 heavy (non-hydrogen) atoms. The van der Waals surface area contributed by atoms with Crippen molar-refractivity contribution < 1.29 is 9.59 Å². The Kier molecular flexibility index (Phi) is 6.23. The molecule has 1 atom stereocenters. The Hall–Kier alpha value is -4.71. The molecule has 2 heterocycles. The van der Waals surface area contributed by atoms with E-state index in [2.05, 4.69) is 12.1 Å². The number of hydrogen-bond acceptors (Lipinski definition) is 4. The lowest BCUT2D eigenvalue weighted by atomic mass is 9.82. The quantitative estimate of drug-likeness (QED) is 0.375. The van der Waals surface area contributed by atoms with Crippen molar-refractivity contribution in [3.63, 3.8) is 0 Å². The van der Waals surface area contributed by atoms with Gasteiger partial charge in [0.15, 0.2) is 5.54 Å². The van der Waals surface area contributed by atoms with Crippen molar-refractivity contribution in [1.29, 1.82) is 0 Å². The molecule has 0 saturated carbocycles. The minimum atomic E-state index is -1.27. The van der Waals surface area contributed by atoms with Crippen molar-refractivity contribution in [2.24, 2.45) is 10.7 Å². The van der Waals surface area contributed by atoms with Gasteiger partial charge in [0, 0.05) is 18.7 Å². The minimum absolute atomic E-state index is 0.0276. The average Bonchev–Trinajstić information content (AvgIpc) is 3.54.